The Bertz CT molecular complexity index is 2930. The van der Waals surface area contributed by atoms with Crippen LogP contribution in [0.3, 0.4) is 0 Å². The summed E-state index contributed by atoms with van der Waals surface area (Å²) < 4.78 is 14.8. The van der Waals surface area contributed by atoms with Crippen LogP contribution < -0.4 is 47.8 Å². The van der Waals surface area contributed by atoms with Crippen LogP contribution in [0.1, 0.15) is 28.8 Å². The Balaban J connectivity index is 1.36. The molecule has 1 atom stereocenters. The van der Waals surface area contributed by atoms with E-state index < -0.39 is 94.3 Å². The van der Waals surface area contributed by atoms with E-state index in [2.05, 4.69) is 10.3 Å². The third kappa shape index (κ3) is 4.77. The van der Waals surface area contributed by atoms with E-state index in [1.165, 1.54) is 12.1 Å². The molecule has 1 heterocycles. The van der Waals surface area contributed by atoms with Gasteiger partial charge in [-0.25, -0.2) is 9.59 Å². The number of carbonyl (C=O) groups is 2. The number of methoxy groups -OCH3 is 2. The summed E-state index contributed by atoms with van der Waals surface area (Å²) >= 11 is 0. The van der Waals surface area contributed by atoms with E-state index in [0.29, 0.717) is 11.1 Å². The number of phenols is 1. The molecule has 1 spiro atoms. The Morgan fingerprint density at radius 3 is 2.21 bits per heavy atom. The van der Waals surface area contributed by atoms with Crippen LogP contribution in [0.5, 0.6) is 11.5 Å². The number of hydrogen-bond donors (Lipinski definition) is 5. The minimum absolute atomic E-state index is 0.00126. The minimum Gasteiger partial charge on any atom is -0.510 e. The molecule has 7 rings (SSSR count). The highest BCUT2D eigenvalue weighted by Crippen LogP contribution is 2.54. The molecule has 0 saturated carbocycles. The predicted molar refractivity (Wildman–Crippen MR) is 183 cm³/mol. The number of esters is 1. The van der Waals surface area contributed by atoms with Gasteiger partial charge in [0.25, 0.3) is 5.56 Å². The van der Waals surface area contributed by atoms with E-state index in [1.807, 2.05) is 0 Å². The molecule has 0 bridgehead atoms. The Labute approximate surface area is 288 Å². The summed E-state index contributed by atoms with van der Waals surface area (Å²) in [6.45, 7) is -0.0956. The van der Waals surface area contributed by atoms with Crippen LogP contribution in [0.15, 0.2) is 78.2 Å². The fraction of sp³-hybridized carbons (Fsp3) is 0.162. The third-order valence-electron chi connectivity index (χ3n) is 9.43. The molecule has 0 unspecified atom stereocenters. The first-order valence-electron chi connectivity index (χ1n) is 15.6. The van der Waals surface area contributed by atoms with E-state index in [1.54, 1.807) is 30.3 Å². The van der Waals surface area contributed by atoms with Gasteiger partial charge < -0.3 is 34.5 Å². The van der Waals surface area contributed by atoms with E-state index >= 15 is 0 Å². The number of aromatic amines is 1. The highest BCUT2D eigenvalue weighted by molar-refractivity contribution is 5.98. The van der Waals surface area contributed by atoms with Crippen molar-refractivity contribution in [1.29, 1.82) is 0 Å². The average molecular weight is 707 g/mol. The van der Waals surface area contributed by atoms with E-state index in [9.17, 15) is 48.9 Å². The molecule has 15 nitrogen and oxygen atoms in total. The van der Waals surface area contributed by atoms with Crippen LogP contribution >= 0.6 is 0 Å². The van der Waals surface area contributed by atoms with Crippen LogP contribution in [0.25, 0.3) is 28.4 Å². The van der Waals surface area contributed by atoms with Gasteiger partial charge in [-0.15, -0.1) is 0 Å². The first-order valence-corrected chi connectivity index (χ1v) is 15.6. The molecule has 52 heavy (non-hydrogen) atoms. The quantitative estimate of drug-likeness (QED) is 0.115. The SMILES string of the molecule is COC(=O)C(=Cc1cc2cc3c(c(O)c2c(=O)[nH]1)[C@@]1(CC3)C(O)=c2c(=O)c3c(=O)cc(OC)c(=O)c=3c(=O)c2=C1O)NC(=O)OCc1ccccc1. The number of aromatic hydroxyl groups is 1. The van der Waals surface area contributed by atoms with Gasteiger partial charge in [-0.2, -0.15) is 0 Å². The number of aromatic nitrogens is 1. The Morgan fingerprint density at radius 2 is 1.56 bits per heavy atom. The van der Waals surface area contributed by atoms with Crippen molar-refractivity contribution in [3.8, 4) is 11.5 Å². The number of fused-ring (bicyclic) bond motifs is 4. The molecule has 5 N–H and O–H groups in total. The maximum atomic E-state index is 13.7. The molecule has 4 aliphatic rings. The zero-order valence-corrected chi connectivity index (χ0v) is 27.2. The molecule has 15 heteroatoms. The van der Waals surface area contributed by atoms with Crippen LogP contribution in [-0.4, -0.2) is 46.6 Å². The smallest absolute Gasteiger partial charge is 0.412 e. The number of aryl methyl sites for hydroxylation is 1. The third-order valence-corrected chi connectivity index (χ3v) is 9.43. The van der Waals surface area contributed by atoms with Crippen molar-refractivity contribution >= 4 is 40.4 Å². The number of phenolic OH excluding ortho intramolecular Hbond substituents is 1. The summed E-state index contributed by atoms with van der Waals surface area (Å²) in [7, 11) is 2.18. The molecule has 0 radical (unpaired) electrons. The van der Waals surface area contributed by atoms with Crippen molar-refractivity contribution in [2.45, 2.75) is 24.9 Å². The maximum Gasteiger partial charge on any atom is 0.412 e. The summed E-state index contributed by atoms with van der Waals surface area (Å²) in [5, 5.41) is 34.1. The number of ether oxygens (including phenoxy) is 3. The Kier molecular flexibility index (Phi) is 7.78. The molecule has 262 valence electrons. The summed E-state index contributed by atoms with van der Waals surface area (Å²) in [6.07, 6.45) is 0.00441. The number of amides is 1. The summed E-state index contributed by atoms with van der Waals surface area (Å²) in [6, 6.07) is 12.4. The Morgan fingerprint density at radius 1 is 0.885 bits per heavy atom. The number of benzene rings is 2. The van der Waals surface area contributed by atoms with Gasteiger partial charge in [0, 0.05) is 17.3 Å². The topological polar surface area (TPSA) is 236 Å². The second-order valence-electron chi connectivity index (χ2n) is 12.2. The first kappa shape index (κ1) is 33.5. The van der Waals surface area contributed by atoms with Gasteiger partial charge in [-0.3, -0.25) is 29.3 Å². The van der Waals surface area contributed by atoms with Crippen LogP contribution in [0, 0.1) is 10.4 Å². The van der Waals surface area contributed by atoms with Crippen molar-refractivity contribution in [3.63, 3.8) is 0 Å². The number of aliphatic hydroxyl groups excluding tert-OH is 2. The largest absolute Gasteiger partial charge is 0.510 e. The van der Waals surface area contributed by atoms with Crippen molar-refractivity contribution in [2.24, 2.45) is 0 Å². The lowest BCUT2D eigenvalue weighted by molar-refractivity contribution is -0.136. The Hall–Kier alpha value is -7.03. The van der Waals surface area contributed by atoms with Crippen molar-refractivity contribution in [2.75, 3.05) is 14.2 Å². The predicted octanol–water partition coefficient (Wildman–Crippen LogP) is -0.0460. The van der Waals surface area contributed by atoms with Gasteiger partial charge >= 0.3 is 12.1 Å². The number of aliphatic hydroxyl groups is 2. The number of alkyl carbamates (subject to hydrolysis) is 1. The number of hydrogen-bond acceptors (Lipinski definition) is 13. The van der Waals surface area contributed by atoms with Crippen molar-refractivity contribution < 1.29 is 39.1 Å². The number of nitrogens with one attached hydrogen (secondary N) is 2. The van der Waals surface area contributed by atoms with Crippen LogP contribution in [-0.2, 0) is 32.7 Å². The first-order chi connectivity index (χ1) is 24.8. The average Bonchev–Trinajstić information content (AvgIpc) is 3.62. The summed E-state index contributed by atoms with van der Waals surface area (Å²) in [5.41, 5.74) is -6.93. The molecule has 0 saturated heterocycles. The van der Waals surface area contributed by atoms with Gasteiger partial charge in [0.05, 0.1) is 40.5 Å². The number of H-pyrrole nitrogens is 1. The zero-order valence-electron chi connectivity index (χ0n) is 27.2. The molecule has 3 aromatic rings. The summed E-state index contributed by atoms with van der Waals surface area (Å²) in [5.74, 6) is -3.82. The van der Waals surface area contributed by atoms with E-state index in [0.717, 1.165) is 26.4 Å². The minimum atomic E-state index is -2.07. The van der Waals surface area contributed by atoms with Gasteiger partial charge in [0.15, 0.2) is 11.2 Å². The highest BCUT2D eigenvalue weighted by atomic mass is 16.6. The lowest BCUT2D eigenvalue weighted by atomic mass is 9.78. The van der Waals surface area contributed by atoms with Crippen molar-refractivity contribution in [1.82, 2.24) is 10.3 Å². The maximum absolute atomic E-state index is 13.7. The standard InChI is InChI=1S/C37H26N2O13/c1-50-21-13-20(40)23-24(28(21)41)30(43)26-25(29(23)42)32(45)37(33(26)46)9-8-16-10-17-11-18(38-34(47)22(17)31(44)27(16)37)12-19(35(48)51-2)39-36(49)52-14-15-6-4-3-5-7-15/h3-7,10-13,44-46H,8-9,14H2,1-2H3,(H,38,47)(H,39,49)/t37-/m0/s1. The van der Waals surface area contributed by atoms with Gasteiger partial charge in [-0.05, 0) is 41.5 Å². The fourth-order valence-corrected chi connectivity index (χ4v) is 7.13. The van der Waals surface area contributed by atoms with Crippen molar-refractivity contribution in [3.05, 3.63) is 149 Å². The second-order valence-corrected chi connectivity index (χ2v) is 12.2. The molecular weight excluding hydrogens is 680 g/mol. The molecule has 0 aliphatic heterocycles. The zero-order chi connectivity index (χ0) is 37.2. The number of carbonyl (C=O) groups excluding carboxylic acids is 2. The fourth-order valence-electron chi connectivity index (χ4n) is 7.13. The van der Waals surface area contributed by atoms with Gasteiger partial charge in [-0.1, -0.05) is 36.4 Å². The normalized spacial score (nSPS) is 16.3. The highest BCUT2D eigenvalue weighted by Gasteiger charge is 2.53. The summed E-state index contributed by atoms with van der Waals surface area (Å²) in [4.78, 5) is 94.3. The van der Waals surface area contributed by atoms with Gasteiger partial charge in [0.2, 0.25) is 16.3 Å². The molecule has 4 aliphatic carbocycles. The molecular formula is C37H26N2O13. The van der Waals surface area contributed by atoms with Gasteiger partial charge in [0.1, 0.15) is 35.0 Å². The monoisotopic (exact) mass is 706 g/mol. The molecule has 0 fully saturated rings. The molecule has 2 aromatic carbocycles. The van der Waals surface area contributed by atoms with Crippen LogP contribution in [0.4, 0.5) is 4.79 Å². The van der Waals surface area contributed by atoms with Crippen LogP contribution in [0.2, 0.25) is 0 Å². The van der Waals surface area contributed by atoms with E-state index in [4.69, 9.17) is 14.2 Å². The second kappa shape index (κ2) is 12.1. The molecule has 1 aromatic heterocycles. The molecule has 1 amide bonds. The number of rotatable bonds is 6. The number of pyridine rings is 1. The lowest BCUT2D eigenvalue weighted by Gasteiger charge is -2.27. The lowest BCUT2D eigenvalue weighted by Crippen LogP contribution is -2.51. The van der Waals surface area contributed by atoms with E-state index in [-0.39, 0.29) is 41.5 Å².